The first-order valence-electron chi connectivity index (χ1n) is 7.86. The Bertz CT molecular complexity index is 623. The van der Waals surface area contributed by atoms with Crippen molar-refractivity contribution in [3.05, 3.63) is 66.2 Å². The summed E-state index contributed by atoms with van der Waals surface area (Å²) in [5, 5.41) is 2.91. The Balaban J connectivity index is 2.22. The lowest BCUT2D eigenvalue weighted by atomic mass is 10.1. The van der Waals surface area contributed by atoms with Gasteiger partial charge in [0.2, 0.25) is 0 Å². The van der Waals surface area contributed by atoms with E-state index >= 15 is 0 Å². The molecule has 0 saturated carbocycles. The third kappa shape index (κ3) is 4.69. The molecule has 0 aromatic heterocycles. The van der Waals surface area contributed by atoms with Crippen molar-refractivity contribution in [2.45, 2.75) is 39.4 Å². The Labute approximate surface area is 136 Å². The monoisotopic (exact) mass is 310 g/mol. The van der Waals surface area contributed by atoms with Crippen LogP contribution in [0.1, 0.15) is 44.9 Å². The van der Waals surface area contributed by atoms with Gasteiger partial charge in [-0.2, -0.15) is 0 Å². The normalized spacial score (nSPS) is 13.5. The van der Waals surface area contributed by atoms with Gasteiger partial charge in [0.05, 0.1) is 21.2 Å². The molecule has 0 aliphatic carbocycles. The van der Waals surface area contributed by atoms with Crippen LogP contribution in [0.2, 0.25) is 0 Å². The van der Waals surface area contributed by atoms with Crippen LogP contribution < -0.4 is 10.4 Å². The van der Waals surface area contributed by atoms with Gasteiger partial charge < -0.3 is 4.74 Å². The molecule has 2 aromatic rings. The molecular formula is C20H26OSi. The lowest BCUT2D eigenvalue weighted by Crippen LogP contribution is -2.32. The molecule has 22 heavy (non-hydrogen) atoms. The summed E-state index contributed by atoms with van der Waals surface area (Å²) in [6.07, 6.45) is 2.01. The highest BCUT2D eigenvalue weighted by Gasteiger charge is 2.18. The molecule has 0 amide bonds. The minimum Gasteiger partial charge on any atom is -0.368 e. The Hall–Kier alpha value is -1.64. The largest absolute Gasteiger partial charge is 0.368 e. The van der Waals surface area contributed by atoms with Crippen LogP contribution >= 0.6 is 0 Å². The summed E-state index contributed by atoms with van der Waals surface area (Å²) in [6.45, 7) is 12.3. The van der Waals surface area contributed by atoms with Gasteiger partial charge in [-0.25, -0.2) is 0 Å². The topological polar surface area (TPSA) is 9.23 Å². The van der Waals surface area contributed by atoms with Gasteiger partial charge in [0, 0.05) is 0 Å². The van der Waals surface area contributed by atoms with E-state index in [1.54, 1.807) is 0 Å². The molecule has 0 N–H and O–H groups in total. The molecule has 1 nitrogen and oxygen atoms in total. The molecular weight excluding hydrogens is 284 g/mol. The smallest absolute Gasteiger partial charge is 0.0880 e. The SMILES string of the molecule is C=Cc1ccc([SiH2]c2ccccc2C(C)OC(C)(C)C)cc1. The van der Waals surface area contributed by atoms with Gasteiger partial charge in [0.15, 0.2) is 0 Å². The van der Waals surface area contributed by atoms with E-state index in [-0.39, 0.29) is 11.7 Å². The average molecular weight is 311 g/mol. The van der Waals surface area contributed by atoms with E-state index in [1.165, 1.54) is 21.5 Å². The number of rotatable bonds is 5. The molecule has 116 valence electrons. The van der Waals surface area contributed by atoms with Crippen molar-refractivity contribution in [2.75, 3.05) is 0 Å². The predicted octanol–water partition coefficient (Wildman–Crippen LogP) is 3.33. The summed E-state index contributed by atoms with van der Waals surface area (Å²) < 4.78 is 6.15. The van der Waals surface area contributed by atoms with Crippen molar-refractivity contribution in [1.82, 2.24) is 0 Å². The zero-order chi connectivity index (χ0) is 16.2. The maximum absolute atomic E-state index is 6.15. The van der Waals surface area contributed by atoms with Crippen LogP contribution in [0, 0.1) is 0 Å². The summed E-state index contributed by atoms with van der Waals surface area (Å²) in [5.41, 5.74) is 2.38. The quantitative estimate of drug-likeness (QED) is 0.770. The highest BCUT2D eigenvalue weighted by molar-refractivity contribution is 6.67. The molecule has 0 radical (unpaired) electrons. The zero-order valence-corrected chi connectivity index (χ0v) is 15.5. The van der Waals surface area contributed by atoms with E-state index in [1.807, 2.05) is 6.08 Å². The van der Waals surface area contributed by atoms with Crippen molar-refractivity contribution < 1.29 is 4.74 Å². The van der Waals surface area contributed by atoms with Crippen LogP contribution in [-0.4, -0.2) is 15.1 Å². The first-order valence-corrected chi connectivity index (χ1v) is 9.27. The minimum absolute atomic E-state index is 0.121. The highest BCUT2D eigenvalue weighted by Crippen LogP contribution is 2.21. The van der Waals surface area contributed by atoms with Gasteiger partial charge in [0.25, 0.3) is 0 Å². The molecule has 0 bridgehead atoms. The maximum atomic E-state index is 6.15. The summed E-state index contributed by atoms with van der Waals surface area (Å²) in [7, 11) is -0.497. The van der Waals surface area contributed by atoms with Gasteiger partial charge in [-0.15, -0.1) is 0 Å². The Kier molecular flexibility index (Phi) is 5.38. The van der Waals surface area contributed by atoms with Crippen molar-refractivity contribution in [3.8, 4) is 0 Å². The van der Waals surface area contributed by atoms with Crippen LogP contribution in [0.5, 0.6) is 0 Å². The summed E-state index contributed by atoms with van der Waals surface area (Å²) >= 11 is 0. The highest BCUT2D eigenvalue weighted by atomic mass is 28.2. The number of ether oxygens (including phenoxy) is 1. The van der Waals surface area contributed by atoms with E-state index in [9.17, 15) is 0 Å². The van der Waals surface area contributed by atoms with Crippen molar-refractivity contribution in [1.29, 1.82) is 0 Å². The molecule has 2 rings (SSSR count). The number of hydrogen-bond donors (Lipinski definition) is 0. The summed E-state index contributed by atoms with van der Waals surface area (Å²) in [6, 6.07) is 17.5. The van der Waals surface area contributed by atoms with Gasteiger partial charge in [-0.1, -0.05) is 71.6 Å². The molecule has 0 saturated heterocycles. The lowest BCUT2D eigenvalue weighted by molar-refractivity contribution is -0.0525. The predicted molar refractivity (Wildman–Crippen MR) is 100 cm³/mol. The minimum atomic E-state index is -0.497. The van der Waals surface area contributed by atoms with Gasteiger partial charge in [-0.05, 0) is 38.8 Å². The number of benzene rings is 2. The number of hydrogen-bond acceptors (Lipinski definition) is 1. The van der Waals surface area contributed by atoms with Crippen LogP contribution in [-0.2, 0) is 4.74 Å². The van der Waals surface area contributed by atoms with Crippen molar-refractivity contribution in [3.63, 3.8) is 0 Å². The second-order valence-electron chi connectivity index (χ2n) is 6.69. The van der Waals surface area contributed by atoms with E-state index in [2.05, 4.69) is 82.8 Å². The van der Waals surface area contributed by atoms with E-state index < -0.39 is 9.52 Å². The van der Waals surface area contributed by atoms with Gasteiger partial charge >= 0.3 is 0 Å². The van der Waals surface area contributed by atoms with Crippen molar-refractivity contribution >= 4 is 26.0 Å². The second kappa shape index (κ2) is 7.08. The standard InChI is InChI=1S/C20H26OSi/c1-6-16-11-13-17(14-12-16)22-19-10-8-7-9-18(19)15(2)21-20(3,4)5/h6-15H,1,22H2,2-5H3. The van der Waals surface area contributed by atoms with E-state index in [0.29, 0.717) is 0 Å². The Morgan fingerprint density at radius 2 is 1.68 bits per heavy atom. The molecule has 1 atom stereocenters. The molecule has 0 fully saturated rings. The van der Waals surface area contributed by atoms with E-state index in [4.69, 9.17) is 4.74 Å². The second-order valence-corrected chi connectivity index (χ2v) is 8.63. The first kappa shape index (κ1) is 16.7. The van der Waals surface area contributed by atoms with Crippen LogP contribution in [0.25, 0.3) is 6.08 Å². The molecule has 2 heteroatoms. The fourth-order valence-electron chi connectivity index (χ4n) is 2.68. The van der Waals surface area contributed by atoms with Crippen LogP contribution in [0.3, 0.4) is 0 Å². The first-order chi connectivity index (χ1) is 10.4. The molecule has 1 unspecified atom stereocenters. The lowest BCUT2D eigenvalue weighted by Gasteiger charge is -2.26. The molecule has 0 heterocycles. The molecule has 2 aromatic carbocycles. The van der Waals surface area contributed by atoms with Gasteiger partial charge in [0.1, 0.15) is 0 Å². The maximum Gasteiger partial charge on any atom is 0.0880 e. The molecule has 0 aliphatic heterocycles. The Morgan fingerprint density at radius 1 is 1.05 bits per heavy atom. The fourth-order valence-corrected chi connectivity index (χ4v) is 4.45. The summed E-state index contributed by atoms with van der Waals surface area (Å²) in [4.78, 5) is 0. The summed E-state index contributed by atoms with van der Waals surface area (Å²) in [5.74, 6) is 0. The van der Waals surface area contributed by atoms with Crippen LogP contribution in [0.4, 0.5) is 0 Å². The third-order valence-corrected chi connectivity index (χ3v) is 5.54. The average Bonchev–Trinajstić information content (AvgIpc) is 2.47. The van der Waals surface area contributed by atoms with E-state index in [0.717, 1.165) is 0 Å². The van der Waals surface area contributed by atoms with Crippen molar-refractivity contribution in [2.24, 2.45) is 0 Å². The fraction of sp³-hybridized carbons (Fsp3) is 0.300. The van der Waals surface area contributed by atoms with Crippen LogP contribution in [0.15, 0.2) is 55.1 Å². The molecule has 0 aliphatic rings. The third-order valence-electron chi connectivity index (χ3n) is 3.63. The Morgan fingerprint density at radius 3 is 2.27 bits per heavy atom. The molecule has 0 spiro atoms. The zero-order valence-electron chi connectivity index (χ0n) is 14.1. The van der Waals surface area contributed by atoms with Gasteiger partial charge in [-0.3, -0.25) is 0 Å².